The van der Waals surface area contributed by atoms with Crippen LogP contribution in [0.1, 0.15) is 42.3 Å². The van der Waals surface area contributed by atoms with E-state index < -0.39 is 0 Å². The van der Waals surface area contributed by atoms with Gasteiger partial charge in [0, 0.05) is 12.2 Å². The van der Waals surface area contributed by atoms with Crippen LogP contribution in [0.2, 0.25) is 0 Å². The Balaban J connectivity index is 1.83. The molecule has 0 spiro atoms. The van der Waals surface area contributed by atoms with Crippen LogP contribution in [0.15, 0.2) is 18.3 Å². The van der Waals surface area contributed by atoms with Gasteiger partial charge in [0.2, 0.25) is 0 Å². The second kappa shape index (κ2) is 5.40. The summed E-state index contributed by atoms with van der Waals surface area (Å²) in [6.07, 6.45) is 6.42. The molecule has 0 aromatic carbocycles. The number of rotatable bonds is 2. The third kappa shape index (κ3) is 2.38. The highest BCUT2D eigenvalue weighted by Crippen LogP contribution is 2.32. The maximum absolute atomic E-state index is 12.4. The number of anilines is 1. The van der Waals surface area contributed by atoms with Crippen LogP contribution in [0.4, 0.5) is 5.69 Å². The van der Waals surface area contributed by atoms with Crippen LogP contribution in [0, 0.1) is 5.92 Å². The van der Waals surface area contributed by atoms with Gasteiger partial charge >= 0.3 is 0 Å². The van der Waals surface area contributed by atoms with Gasteiger partial charge < -0.3 is 11.1 Å². The van der Waals surface area contributed by atoms with Crippen LogP contribution >= 0.6 is 11.3 Å². The summed E-state index contributed by atoms with van der Waals surface area (Å²) in [5.41, 5.74) is 7.31. The van der Waals surface area contributed by atoms with Crippen LogP contribution in [0.5, 0.6) is 0 Å². The Kier molecular flexibility index (Phi) is 3.61. The number of fused-ring (bicyclic) bond motifs is 1. The first-order valence-corrected chi connectivity index (χ1v) is 7.92. The smallest absolute Gasteiger partial charge is 0.263 e. The quantitative estimate of drug-likeness (QED) is 0.892. The van der Waals surface area contributed by atoms with Gasteiger partial charge in [-0.3, -0.25) is 9.78 Å². The normalized spacial score (nSPS) is 22.9. The van der Waals surface area contributed by atoms with Gasteiger partial charge in [0.25, 0.3) is 5.91 Å². The Bertz CT molecular complexity index is 637. The molecule has 0 saturated heterocycles. The molecule has 0 bridgehead atoms. The van der Waals surface area contributed by atoms with Gasteiger partial charge in [0.05, 0.1) is 10.4 Å². The molecule has 106 valence electrons. The SMILES string of the molecule is CC1CCCCC1NC(=O)c1sc2cccnc2c1N. The van der Waals surface area contributed by atoms with E-state index in [9.17, 15) is 4.79 Å². The van der Waals surface area contributed by atoms with Crippen molar-refractivity contribution < 1.29 is 4.79 Å². The molecular weight excluding hydrogens is 270 g/mol. The third-order valence-corrected chi connectivity index (χ3v) is 5.28. The number of amides is 1. The summed E-state index contributed by atoms with van der Waals surface area (Å²) in [7, 11) is 0. The summed E-state index contributed by atoms with van der Waals surface area (Å²) >= 11 is 1.42. The van der Waals surface area contributed by atoms with Crippen LogP contribution in [-0.2, 0) is 0 Å². The van der Waals surface area contributed by atoms with Crippen molar-refractivity contribution in [2.24, 2.45) is 5.92 Å². The van der Waals surface area contributed by atoms with Crippen molar-refractivity contribution in [1.82, 2.24) is 10.3 Å². The van der Waals surface area contributed by atoms with E-state index in [-0.39, 0.29) is 11.9 Å². The highest BCUT2D eigenvalue weighted by molar-refractivity contribution is 7.21. The van der Waals surface area contributed by atoms with Crippen molar-refractivity contribution in [3.05, 3.63) is 23.2 Å². The number of carbonyl (C=O) groups excluding carboxylic acids is 1. The van der Waals surface area contributed by atoms with Crippen LogP contribution in [-0.4, -0.2) is 16.9 Å². The van der Waals surface area contributed by atoms with E-state index in [1.165, 1.54) is 30.6 Å². The standard InChI is InChI=1S/C15H19N3OS/c1-9-5-2-3-6-10(9)18-15(19)14-12(16)13-11(20-14)7-4-8-17-13/h4,7-10H,2-3,5-6,16H2,1H3,(H,18,19). The van der Waals surface area contributed by atoms with Crippen molar-refractivity contribution in [2.45, 2.75) is 38.6 Å². The summed E-state index contributed by atoms with van der Waals surface area (Å²) in [5.74, 6) is 0.491. The number of carbonyl (C=O) groups is 1. The lowest BCUT2D eigenvalue weighted by Gasteiger charge is -2.29. The lowest BCUT2D eigenvalue weighted by Crippen LogP contribution is -2.40. The molecule has 1 fully saturated rings. The number of nitrogens with two attached hydrogens (primary N) is 1. The Hall–Kier alpha value is -1.62. The molecule has 1 amide bonds. The third-order valence-electron chi connectivity index (χ3n) is 4.12. The molecule has 2 heterocycles. The number of nitrogen functional groups attached to an aromatic ring is 1. The summed E-state index contributed by atoms with van der Waals surface area (Å²) < 4.78 is 0.965. The zero-order valence-electron chi connectivity index (χ0n) is 11.6. The average molecular weight is 289 g/mol. The fourth-order valence-corrected chi connectivity index (χ4v) is 3.87. The van der Waals surface area contributed by atoms with E-state index in [4.69, 9.17) is 5.73 Å². The first-order chi connectivity index (χ1) is 9.66. The highest BCUT2D eigenvalue weighted by atomic mass is 32.1. The fourth-order valence-electron chi connectivity index (χ4n) is 2.88. The first-order valence-electron chi connectivity index (χ1n) is 7.10. The number of thiophene rings is 1. The Morgan fingerprint density at radius 1 is 1.45 bits per heavy atom. The van der Waals surface area contributed by atoms with Gasteiger partial charge in [-0.15, -0.1) is 11.3 Å². The average Bonchev–Trinajstić information content (AvgIpc) is 2.79. The predicted molar refractivity (Wildman–Crippen MR) is 82.9 cm³/mol. The molecule has 4 nitrogen and oxygen atoms in total. The van der Waals surface area contributed by atoms with E-state index in [1.807, 2.05) is 12.1 Å². The van der Waals surface area contributed by atoms with Crippen molar-refractivity contribution in [3.8, 4) is 0 Å². The molecule has 0 aliphatic heterocycles. The lowest BCUT2D eigenvalue weighted by atomic mass is 9.86. The molecule has 1 aliphatic carbocycles. The zero-order chi connectivity index (χ0) is 14.1. The summed E-state index contributed by atoms with van der Waals surface area (Å²) in [6.45, 7) is 2.21. The first kappa shape index (κ1) is 13.4. The fraction of sp³-hybridized carbons (Fsp3) is 0.467. The number of hydrogen-bond acceptors (Lipinski definition) is 4. The van der Waals surface area contributed by atoms with Gasteiger partial charge in [0.1, 0.15) is 10.4 Å². The topological polar surface area (TPSA) is 68.0 Å². The second-order valence-electron chi connectivity index (χ2n) is 5.54. The summed E-state index contributed by atoms with van der Waals surface area (Å²) in [4.78, 5) is 17.3. The Morgan fingerprint density at radius 2 is 2.25 bits per heavy atom. The highest BCUT2D eigenvalue weighted by Gasteiger charge is 2.25. The second-order valence-corrected chi connectivity index (χ2v) is 6.59. The summed E-state index contributed by atoms with van der Waals surface area (Å²) in [5, 5.41) is 3.15. The predicted octanol–water partition coefficient (Wildman–Crippen LogP) is 3.19. The zero-order valence-corrected chi connectivity index (χ0v) is 12.4. The van der Waals surface area contributed by atoms with E-state index in [2.05, 4.69) is 17.2 Å². The molecule has 2 unspecified atom stereocenters. The molecule has 3 N–H and O–H groups in total. The summed E-state index contributed by atoms with van der Waals surface area (Å²) in [6, 6.07) is 4.08. The largest absolute Gasteiger partial charge is 0.396 e. The van der Waals surface area contributed by atoms with Gasteiger partial charge in [0.15, 0.2) is 0 Å². The van der Waals surface area contributed by atoms with Crippen LogP contribution < -0.4 is 11.1 Å². The maximum atomic E-state index is 12.4. The minimum Gasteiger partial charge on any atom is -0.396 e. The van der Waals surface area contributed by atoms with Crippen LogP contribution in [0.25, 0.3) is 10.2 Å². The minimum absolute atomic E-state index is 0.0516. The van der Waals surface area contributed by atoms with Gasteiger partial charge in [-0.05, 0) is 30.9 Å². The molecule has 0 radical (unpaired) electrons. The van der Waals surface area contributed by atoms with Gasteiger partial charge in [-0.1, -0.05) is 19.8 Å². The molecule has 3 rings (SSSR count). The van der Waals surface area contributed by atoms with Crippen LogP contribution in [0.3, 0.4) is 0 Å². The molecule has 20 heavy (non-hydrogen) atoms. The molecular formula is C15H19N3OS. The number of aromatic nitrogens is 1. The maximum Gasteiger partial charge on any atom is 0.263 e. The van der Waals surface area contributed by atoms with Crippen molar-refractivity contribution >= 4 is 33.1 Å². The molecule has 2 aromatic heterocycles. The molecule has 1 saturated carbocycles. The minimum atomic E-state index is -0.0516. The monoisotopic (exact) mass is 289 g/mol. The number of nitrogens with zero attached hydrogens (tertiary/aromatic N) is 1. The molecule has 2 atom stereocenters. The van der Waals surface area contributed by atoms with Crippen molar-refractivity contribution in [2.75, 3.05) is 5.73 Å². The van der Waals surface area contributed by atoms with E-state index >= 15 is 0 Å². The van der Waals surface area contributed by atoms with Gasteiger partial charge in [-0.25, -0.2) is 0 Å². The number of hydrogen-bond donors (Lipinski definition) is 2. The molecule has 2 aromatic rings. The van der Waals surface area contributed by atoms with E-state index in [0.717, 1.165) is 16.6 Å². The molecule has 5 heteroatoms. The Morgan fingerprint density at radius 3 is 3.00 bits per heavy atom. The van der Waals surface area contributed by atoms with Crippen molar-refractivity contribution in [1.29, 1.82) is 0 Å². The van der Waals surface area contributed by atoms with Crippen molar-refractivity contribution in [3.63, 3.8) is 0 Å². The van der Waals surface area contributed by atoms with Gasteiger partial charge in [-0.2, -0.15) is 0 Å². The number of pyridine rings is 1. The molecule has 1 aliphatic rings. The van der Waals surface area contributed by atoms with E-state index in [1.54, 1.807) is 6.20 Å². The lowest BCUT2D eigenvalue weighted by molar-refractivity contribution is 0.0915. The Labute approximate surface area is 122 Å². The number of nitrogens with one attached hydrogen (secondary N) is 1. The van der Waals surface area contributed by atoms with E-state index in [0.29, 0.717) is 16.5 Å².